The van der Waals surface area contributed by atoms with E-state index in [1.165, 1.54) is 11.1 Å². The predicted molar refractivity (Wildman–Crippen MR) is 93.0 cm³/mol. The largest absolute Gasteiger partial charge is 0.309 e. The van der Waals surface area contributed by atoms with E-state index in [9.17, 15) is 0 Å². The minimum absolute atomic E-state index is 0.183. The summed E-state index contributed by atoms with van der Waals surface area (Å²) in [5, 5.41) is 3.69. The molecule has 0 spiro atoms. The zero-order valence-corrected chi connectivity index (χ0v) is 13.6. The van der Waals surface area contributed by atoms with E-state index >= 15 is 0 Å². The van der Waals surface area contributed by atoms with Gasteiger partial charge in [0.1, 0.15) is 0 Å². The standard InChI is InChI=1S/C20H26N2/c1-20(2)16-22(14-13-17-9-5-3-6-10-17)19(15-21-20)18-11-7-4-8-12-18/h3-12,19,21H,13-16H2,1-2H3. The summed E-state index contributed by atoms with van der Waals surface area (Å²) in [4.78, 5) is 2.64. The molecule has 0 amide bonds. The van der Waals surface area contributed by atoms with Crippen LogP contribution in [0.2, 0.25) is 0 Å². The predicted octanol–water partition coefficient (Wildman–Crippen LogP) is 3.65. The molecule has 1 N–H and O–H groups in total. The second kappa shape index (κ2) is 6.64. The molecule has 0 radical (unpaired) electrons. The third-order valence-electron chi connectivity index (χ3n) is 4.53. The summed E-state index contributed by atoms with van der Waals surface area (Å²) in [5.74, 6) is 0. The third-order valence-corrected chi connectivity index (χ3v) is 4.53. The van der Waals surface area contributed by atoms with Crippen molar-refractivity contribution in [1.29, 1.82) is 0 Å². The summed E-state index contributed by atoms with van der Waals surface area (Å²) in [7, 11) is 0. The third kappa shape index (κ3) is 3.76. The lowest BCUT2D eigenvalue weighted by atomic mass is 9.94. The maximum atomic E-state index is 3.69. The van der Waals surface area contributed by atoms with E-state index < -0.39 is 0 Å². The monoisotopic (exact) mass is 294 g/mol. The first kappa shape index (κ1) is 15.3. The Bertz CT molecular complexity index is 577. The second-order valence-corrected chi connectivity index (χ2v) is 6.90. The van der Waals surface area contributed by atoms with Crippen LogP contribution in [0.4, 0.5) is 0 Å². The lowest BCUT2D eigenvalue weighted by Gasteiger charge is -2.45. The molecule has 0 aliphatic carbocycles. The molecule has 1 fully saturated rings. The number of benzene rings is 2. The first-order valence-corrected chi connectivity index (χ1v) is 8.22. The van der Waals surface area contributed by atoms with Crippen LogP contribution in [0.15, 0.2) is 60.7 Å². The van der Waals surface area contributed by atoms with Gasteiger partial charge in [-0.2, -0.15) is 0 Å². The minimum Gasteiger partial charge on any atom is -0.309 e. The quantitative estimate of drug-likeness (QED) is 0.926. The number of hydrogen-bond acceptors (Lipinski definition) is 2. The van der Waals surface area contributed by atoms with Gasteiger partial charge in [-0.25, -0.2) is 0 Å². The van der Waals surface area contributed by atoms with E-state index in [2.05, 4.69) is 84.7 Å². The molecule has 116 valence electrons. The molecule has 3 rings (SSSR count). The van der Waals surface area contributed by atoms with Crippen molar-refractivity contribution in [3.8, 4) is 0 Å². The molecule has 0 bridgehead atoms. The highest BCUT2D eigenvalue weighted by Gasteiger charge is 2.32. The van der Waals surface area contributed by atoms with Crippen molar-refractivity contribution in [2.75, 3.05) is 19.6 Å². The average molecular weight is 294 g/mol. The average Bonchev–Trinajstić information content (AvgIpc) is 2.54. The van der Waals surface area contributed by atoms with Gasteiger partial charge in [0, 0.05) is 31.2 Å². The topological polar surface area (TPSA) is 15.3 Å². The first-order valence-electron chi connectivity index (χ1n) is 8.22. The SMILES string of the molecule is CC1(C)CN(CCc2ccccc2)C(c2ccccc2)CN1. The van der Waals surface area contributed by atoms with Crippen LogP contribution in [0.25, 0.3) is 0 Å². The molecular formula is C20H26N2. The molecule has 1 saturated heterocycles. The fourth-order valence-electron chi connectivity index (χ4n) is 3.33. The van der Waals surface area contributed by atoms with E-state index in [0.29, 0.717) is 6.04 Å². The molecule has 22 heavy (non-hydrogen) atoms. The summed E-state index contributed by atoms with van der Waals surface area (Å²) in [6.07, 6.45) is 1.11. The first-order chi connectivity index (χ1) is 10.6. The van der Waals surface area contributed by atoms with E-state index in [0.717, 1.165) is 26.1 Å². The summed E-state index contributed by atoms with van der Waals surface area (Å²) >= 11 is 0. The van der Waals surface area contributed by atoms with Crippen LogP contribution in [0, 0.1) is 0 Å². The molecular weight excluding hydrogens is 268 g/mol. The van der Waals surface area contributed by atoms with Gasteiger partial charge in [0.05, 0.1) is 0 Å². The molecule has 1 heterocycles. The fourth-order valence-corrected chi connectivity index (χ4v) is 3.33. The van der Waals surface area contributed by atoms with Crippen LogP contribution in [-0.2, 0) is 6.42 Å². The van der Waals surface area contributed by atoms with Crippen molar-refractivity contribution >= 4 is 0 Å². The van der Waals surface area contributed by atoms with Crippen molar-refractivity contribution in [3.63, 3.8) is 0 Å². The van der Waals surface area contributed by atoms with Crippen LogP contribution >= 0.6 is 0 Å². The highest BCUT2D eigenvalue weighted by atomic mass is 15.2. The van der Waals surface area contributed by atoms with Crippen LogP contribution in [0.1, 0.15) is 31.0 Å². The van der Waals surface area contributed by atoms with Gasteiger partial charge in [-0.3, -0.25) is 4.90 Å². The Balaban J connectivity index is 1.74. The van der Waals surface area contributed by atoms with E-state index in [-0.39, 0.29) is 5.54 Å². The van der Waals surface area contributed by atoms with Gasteiger partial charge in [-0.05, 0) is 31.4 Å². The molecule has 1 atom stereocenters. The van der Waals surface area contributed by atoms with E-state index in [1.807, 2.05) is 0 Å². The number of nitrogens with one attached hydrogen (secondary N) is 1. The number of rotatable bonds is 4. The van der Waals surface area contributed by atoms with Crippen molar-refractivity contribution in [2.24, 2.45) is 0 Å². The molecule has 0 aromatic heterocycles. The van der Waals surface area contributed by atoms with Gasteiger partial charge in [-0.15, -0.1) is 0 Å². The number of nitrogens with zero attached hydrogens (tertiary/aromatic N) is 1. The zero-order valence-electron chi connectivity index (χ0n) is 13.6. The molecule has 2 aromatic carbocycles. The van der Waals surface area contributed by atoms with Crippen molar-refractivity contribution in [3.05, 3.63) is 71.8 Å². The van der Waals surface area contributed by atoms with Gasteiger partial charge in [-0.1, -0.05) is 60.7 Å². The van der Waals surface area contributed by atoms with E-state index in [4.69, 9.17) is 0 Å². The summed E-state index contributed by atoms with van der Waals surface area (Å²) in [6.45, 7) is 7.80. The maximum absolute atomic E-state index is 3.69. The Labute approximate surface area is 134 Å². The smallest absolute Gasteiger partial charge is 0.0473 e. The van der Waals surface area contributed by atoms with Gasteiger partial charge >= 0.3 is 0 Å². The van der Waals surface area contributed by atoms with Gasteiger partial charge in [0.2, 0.25) is 0 Å². The second-order valence-electron chi connectivity index (χ2n) is 6.90. The van der Waals surface area contributed by atoms with Crippen LogP contribution in [-0.4, -0.2) is 30.1 Å². The molecule has 1 aliphatic heterocycles. The highest BCUT2D eigenvalue weighted by Crippen LogP contribution is 2.27. The van der Waals surface area contributed by atoms with Crippen molar-refractivity contribution < 1.29 is 0 Å². The zero-order chi connectivity index (χ0) is 15.4. The summed E-state index contributed by atoms with van der Waals surface area (Å²) < 4.78 is 0. The van der Waals surface area contributed by atoms with Crippen molar-refractivity contribution in [1.82, 2.24) is 10.2 Å². The Morgan fingerprint density at radius 2 is 1.64 bits per heavy atom. The fraction of sp³-hybridized carbons (Fsp3) is 0.400. The number of piperazine rings is 1. The normalized spacial score (nSPS) is 21.6. The summed E-state index contributed by atoms with van der Waals surface area (Å²) in [5.41, 5.74) is 3.02. The lowest BCUT2D eigenvalue weighted by molar-refractivity contribution is 0.0963. The minimum atomic E-state index is 0.183. The Hall–Kier alpha value is -1.64. The molecule has 2 nitrogen and oxygen atoms in total. The molecule has 2 heteroatoms. The molecule has 2 aromatic rings. The summed E-state index contributed by atoms with van der Waals surface area (Å²) in [6, 6.07) is 22.2. The molecule has 1 aliphatic rings. The van der Waals surface area contributed by atoms with Gasteiger partial charge in [0.15, 0.2) is 0 Å². The Kier molecular flexibility index (Phi) is 4.60. The van der Waals surface area contributed by atoms with Crippen molar-refractivity contribution in [2.45, 2.75) is 31.8 Å². The van der Waals surface area contributed by atoms with E-state index in [1.54, 1.807) is 0 Å². The van der Waals surface area contributed by atoms with Crippen LogP contribution < -0.4 is 5.32 Å². The van der Waals surface area contributed by atoms with Crippen LogP contribution in [0.3, 0.4) is 0 Å². The van der Waals surface area contributed by atoms with Gasteiger partial charge in [0.25, 0.3) is 0 Å². The Morgan fingerprint density at radius 1 is 1.00 bits per heavy atom. The lowest BCUT2D eigenvalue weighted by Crippen LogP contribution is -2.58. The van der Waals surface area contributed by atoms with Gasteiger partial charge < -0.3 is 5.32 Å². The highest BCUT2D eigenvalue weighted by molar-refractivity contribution is 5.21. The molecule has 0 saturated carbocycles. The van der Waals surface area contributed by atoms with Crippen LogP contribution in [0.5, 0.6) is 0 Å². The molecule has 1 unspecified atom stereocenters. The maximum Gasteiger partial charge on any atom is 0.0473 e. The Morgan fingerprint density at radius 3 is 2.32 bits per heavy atom. The number of hydrogen-bond donors (Lipinski definition) is 1.